The van der Waals surface area contributed by atoms with Gasteiger partial charge in [-0.25, -0.2) is 4.39 Å². The maximum absolute atomic E-state index is 13.1. The van der Waals surface area contributed by atoms with Crippen molar-refractivity contribution in [2.24, 2.45) is 5.92 Å². The highest BCUT2D eigenvalue weighted by molar-refractivity contribution is 5.27. The minimum absolute atomic E-state index is 0.122. The van der Waals surface area contributed by atoms with Gasteiger partial charge in [0.1, 0.15) is 5.82 Å². The third kappa shape index (κ3) is 2.44. The summed E-state index contributed by atoms with van der Waals surface area (Å²) in [4.78, 5) is 0. The summed E-state index contributed by atoms with van der Waals surface area (Å²) >= 11 is 0. The summed E-state index contributed by atoms with van der Waals surface area (Å²) in [6.07, 6.45) is 7.87. The summed E-state index contributed by atoms with van der Waals surface area (Å²) in [7, 11) is 0. The van der Waals surface area contributed by atoms with Crippen LogP contribution >= 0.6 is 0 Å². The molecule has 1 aromatic rings. The molecule has 1 saturated carbocycles. The second-order valence-electron chi connectivity index (χ2n) is 6.01. The van der Waals surface area contributed by atoms with Crippen molar-refractivity contribution in [1.82, 2.24) is 5.32 Å². The molecule has 0 aromatic heterocycles. The van der Waals surface area contributed by atoms with Gasteiger partial charge in [-0.15, -0.1) is 0 Å². The Morgan fingerprint density at radius 3 is 2.94 bits per heavy atom. The first-order chi connectivity index (χ1) is 8.72. The van der Waals surface area contributed by atoms with Crippen molar-refractivity contribution >= 4 is 0 Å². The fourth-order valence-corrected chi connectivity index (χ4v) is 3.72. The molecule has 2 heteroatoms. The molecule has 1 aromatic carbocycles. The molecular formula is C16H22FN. The molecular weight excluding hydrogens is 225 g/mol. The average Bonchev–Trinajstić information content (AvgIpc) is 2.80. The third-order valence-electron chi connectivity index (χ3n) is 4.77. The van der Waals surface area contributed by atoms with E-state index in [4.69, 9.17) is 0 Å². The number of rotatable bonds is 2. The minimum atomic E-state index is -0.122. The highest BCUT2D eigenvalue weighted by Crippen LogP contribution is 2.34. The summed E-state index contributed by atoms with van der Waals surface area (Å²) in [5.74, 6) is 0.805. The normalized spacial score (nSPS) is 31.3. The molecule has 1 saturated heterocycles. The summed E-state index contributed by atoms with van der Waals surface area (Å²) in [6, 6.07) is 6.53. The maximum Gasteiger partial charge on any atom is 0.123 e. The molecule has 0 bridgehead atoms. The third-order valence-corrected chi connectivity index (χ3v) is 4.77. The molecule has 1 N–H and O–H groups in total. The first kappa shape index (κ1) is 12.2. The van der Waals surface area contributed by atoms with Crippen LogP contribution in [0.1, 0.15) is 43.2 Å². The monoisotopic (exact) mass is 247 g/mol. The van der Waals surface area contributed by atoms with Crippen LogP contribution in [0.2, 0.25) is 0 Å². The highest BCUT2D eigenvalue weighted by Gasteiger charge is 2.33. The second-order valence-corrected chi connectivity index (χ2v) is 6.01. The van der Waals surface area contributed by atoms with E-state index >= 15 is 0 Å². The number of hydrogen-bond donors (Lipinski definition) is 1. The van der Waals surface area contributed by atoms with Gasteiger partial charge in [0.25, 0.3) is 0 Å². The highest BCUT2D eigenvalue weighted by atomic mass is 19.1. The summed E-state index contributed by atoms with van der Waals surface area (Å²) in [5, 5.41) is 3.81. The van der Waals surface area contributed by atoms with Crippen LogP contribution in [0.5, 0.6) is 0 Å². The molecule has 18 heavy (non-hydrogen) atoms. The Morgan fingerprint density at radius 1 is 1.22 bits per heavy atom. The van der Waals surface area contributed by atoms with Gasteiger partial charge < -0.3 is 5.32 Å². The number of hydrogen-bond acceptors (Lipinski definition) is 1. The Kier molecular flexibility index (Phi) is 3.38. The molecule has 0 spiro atoms. The lowest BCUT2D eigenvalue weighted by atomic mass is 9.87. The van der Waals surface area contributed by atoms with E-state index in [0.717, 1.165) is 23.9 Å². The summed E-state index contributed by atoms with van der Waals surface area (Å²) < 4.78 is 13.1. The largest absolute Gasteiger partial charge is 0.311 e. The van der Waals surface area contributed by atoms with Gasteiger partial charge in [0, 0.05) is 12.1 Å². The Hall–Kier alpha value is -0.890. The van der Waals surface area contributed by atoms with Gasteiger partial charge in [-0.2, -0.15) is 0 Å². The van der Waals surface area contributed by atoms with Crippen molar-refractivity contribution in [3.05, 3.63) is 35.1 Å². The van der Waals surface area contributed by atoms with Crippen LogP contribution in [0.25, 0.3) is 0 Å². The first-order valence-electron chi connectivity index (χ1n) is 7.23. The Labute approximate surface area is 109 Å². The molecule has 3 atom stereocenters. The molecule has 3 rings (SSSR count). The van der Waals surface area contributed by atoms with Gasteiger partial charge in [-0.05, 0) is 68.2 Å². The Balaban J connectivity index is 1.66. The number of piperidine rings is 1. The van der Waals surface area contributed by atoms with Gasteiger partial charge in [0.2, 0.25) is 0 Å². The lowest BCUT2D eigenvalue weighted by molar-refractivity contribution is 0.257. The van der Waals surface area contributed by atoms with E-state index in [1.54, 1.807) is 12.1 Å². The van der Waals surface area contributed by atoms with Gasteiger partial charge in [-0.1, -0.05) is 12.5 Å². The molecule has 2 aliphatic rings. The van der Waals surface area contributed by atoms with E-state index in [2.05, 4.69) is 5.32 Å². The lowest BCUT2D eigenvalue weighted by Gasteiger charge is -2.34. The molecule has 2 fully saturated rings. The Bertz CT molecular complexity index is 429. The van der Waals surface area contributed by atoms with E-state index in [-0.39, 0.29) is 5.82 Å². The second kappa shape index (κ2) is 5.00. The number of aryl methyl sites for hydroxylation is 1. The Morgan fingerprint density at radius 2 is 2.11 bits per heavy atom. The van der Waals surface area contributed by atoms with E-state index in [9.17, 15) is 4.39 Å². The van der Waals surface area contributed by atoms with Crippen molar-refractivity contribution in [2.45, 2.75) is 57.5 Å². The zero-order chi connectivity index (χ0) is 12.5. The van der Waals surface area contributed by atoms with Crippen LogP contribution in [0.15, 0.2) is 18.2 Å². The minimum Gasteiger partial charge on any atom is -0.311 e. The van der Waals surface area contributed by atoms with Gasteiger partial charge in [0.15, 0.2) is 0 Å². The van der Waals surface area contributed by atoms with Crippen molar-refractivity contribution in [2.75, 3.05) is 0 Å². The van der Waals surface area contributed by atoms with Crippen molar-refractivity contribution in [3.8, 4) is 0 Å². The summed E-state index contributed by atoms with van der Waals surface area (Å²) in [6.45, 7) is 2.01. The molecule has 98 valence electrons. The van der Waals surface area contributed by atoms with E-state index in [1.165, 1.54) is 37.7 Å². The van der Waals surface area contributed by atoms with Gasteiger partial charge in [0.05, 0.1) is 0 Å². The topological polar surface area (TPSA) is 12.0 Å². The van der Waals surface area contributed by atoms with Crippen molar-refractivity contribution in [3.63, 3.8) is 0 Å². The van der Waals surface area contributed by atoms with Crippen LogP contribution in [0.3, 0.4) is 0 Å². The van der Waals surface area contributed by atoms with Crippen LogP contribution < -0.4 is 5.32 Å². The molecule has 1 heterocycles. The number of nitrogens with one attached hydrogen (secondary N) is 1. The predicted octanol–water partition coefficient (Wildman–Crippen LogP) is 3.60. The van der Waals surface area contributed by atoms with Gasteiger partial charge in [-0.3, -0.25) is 0 Å². The number of fused-ring (bicyclic) bond motifs is 1. The van der Waals surface area contributed by atoms with Crippen LogP contribution in [-0.4, -0.2) is 12.1 Å². The SMILES string of the molecule is Cc1cc(F)ccc1CC1CCC2CCCC2N1. The quantitative estimate of drug-likeness (QED) is 0.842. The molecule has 3 unspecified atom stereocenters. The van der Waals surface area contributed by atoms with Crippen molar-refractivity contribution in [1.29, 1.82) is 0 Å². The summed E-state index contributed by atoms with van der Waals surface area (Å²) in [5.41, 5.74) is 2.38. The molecule has 0 amide bonds. The molecule has 1 aliphatic heterocycles. The van der Waals surface area contributed by atoms with Gasteiger partial charge >= 0.3 is 0 Å². The fraction of sp³-hybridized carbons (Fsp3) is 0.625. The zero-order valence-corrected chi connectivity index (χ0v) is 11.1. The average molecular weight is 247 g/mol. The zero-order valence-electron chi connectivity index (χ0n) is 11.1. The predicted molar refractivity (Wildman–Crippen MR) is 72.1 cm³/mol. The molecule has 1 nitrogen and oxygen atoms in total. The van der Waals surface area contributed by atoms with E-state index < -0.39 is 0 Å². The van der Waals surface area contributed by atoms with Crippen LogP contribution in [0, 0.1) is 18.7 Å². The van der Waals surface area contributed by atoms with E-state index in [0.29, 0.717) is 6.04 Å². The van der Waals surface area contributed by atoms with E-state index in [1.807, 2.05) is 13.0 Å². The first-order valence-corrected chi connectivity index (χ1v) is 7.23. The van der Waals surface area contributed by atoms with Crippen molar-refractivity contribution < 1.29 is 4.39 Å². The maximum atomic E-state index is 13.1. The van der Waals surface area contributed by atoms with Crippen LogP contribution in [0.4, 0.5) is 4.39 Å². The standard InChI is InChI=1S/C16H22FN/c1-11-9-14(17)7-5-13(11)10-15-8-6-12-3-2-4-16(12)18-15/h5,7,9,12,15-16,18H,2-4,6,8,10H2,1H3. The van der Waals surface area contributed by atoms with Crippen LogP contribution in [-0.2, 0) is 6.42 Å². The number of halogens is 1. The fourth-order valence-electron chi connectivity index (χ4n) is 3.72. The lowest BCUT2D eigenvalue weighted by Crippen LogP contribution is -2.46. The molecule has 1 aliphatic carbocycles. The molecule has 0 radical (unpaired) electrons. The number of benzene rings is 1. The smallest absolute Gasteiger partial charge is 0.123 e.